The zero-order chi connectivity index (χ0) is 22.1. The van der Waals surface area contributed by atoms with Crippen LogP contribution in [-0.4, -0.2) is 57.3 Å². The Bertz CT molecular complexity index is 1170. The van der Waals surface area contributed by atoms with E-state index >= 15 is 0 Å². The first kappa shape index (κ1) is 21.2. The van der Waals surface area contributed by atoms with Crippen LogP contribution in [0.15, 0.2) is 30.5 Å². The zero-order valence-electron chi connectivity index (χ0n) is 16.5. The van der Waals surface area contributed by atoms with Gasteiger partial charge in [0.2, 0.25) is 0 Å². The summed E-state index contributed by atoms with van der Waals surface area (Å²) in [6.45, 7) is 3.14. The highest BCUT2D eigenvalue weighted by Crippen LogP contribution is 2.31. The number of nitrogens with zero attached hydrogens (tertiary/aromatic N) is 4. The number of nitrogens with one attached hydrogen (secondary N) is 1. The van der Waals surface area contributed by atoms with E-state index in [0.717, 1.165) is 0 Å². The highest BCUT2D eigenvalue weighted by molar-refractivity contribution is 6.36. The minimum atomic E-state index is -0.494. The lowest BCUT2D eigenvalue weighted by atomic mass is 10.1. The molecule has 4 rings (SSSR count). The molecule has 0 saturated carbocycles. The molecule has 162 valence electrons. The number of phenolic OH excluding ortho intramolecular Hbond substituents is 1. The van der Waals surface area contributed by atoms with Crippen LogP contribution in [-0.2, 0) is 4.74 Å². The van der Waals surface area contributed by atoms with E-state index < -0.39 is 11.9 Å². The lowest BCUT2D eigenvalue weighted by Crippen LogP contribution is -2.37. The number of aromatic nitrogens is 3. The summed E-state index contributed by atoms with van der Waals surface area (Å²) < 4.78 is 6.50. The van der Waals surface area contributed by atoms with Gasteiger partial charge in [-0.25, -0.2) is 14.3 Å². The molecule has 0 aliphatic carbocycles. The van der Waals surface area contributed by atoms with Crippen molar-refractivity contribution >= 4 is 46.5 Å². The minimum absolute atomic E-state index is 0.0148. The molecule has 1 atom stereocenters. The van der Waals surface area contributed by atoms with E-state index in [4.69, 9.17) is 27.9 Å². The molecule has 0 unspecified atom stereocenters. The second-order valence-electron chi connectivity index (χ2n) is 7.01. The number of hydrogen-bond acceptors (Lipinski definition) is 7. The first-order chi connectivity index (χ1) is 14.9. The van der Waals surface area contributed by atoms with E-state index in [9.17, 15) is 14.7 Å². The van der Waals surface area contributed by atoms with Crippen molar-refractivity contribution in [3.63, 3.8) is 0 Å². The van der Waals surface area contributed by atoms with E-state index in [1.54, 1.807) is 13.0 Å². The minimum Gasteiger partial charge on any atom is -0.506 e. The Kier molecular flexibility index (Phi) is 5.88. The van der Waals surface area contributed by atoms with Gasteiger partial charge >= 0.3 is 5.97 Å². The number of benzene rings is 1. The number of hydrogen-bond donors (Lipinski definition) is 2. The number of phenols is 1. The lowest BCUT2D eigenvalue weighted by Gasteiger charge is -2.18. The van der Waals surface area contributed by atoms with Gasteiger partial charge in [-0.1, -0.05) is 23.2 Å². The van der Waals surface area contributed by atoms with Crippen molar-refractivity contribution in [2.75, 3.05) is 24.6 Å². The fourth-order valence-corrected chi connectivity index (χ4v) is 3.96. The number of esters is 1. The number of carbonyl (C=O) groups is 2. The number of carbonyl (C=O) groups excluding carboxylic acids is 2. The van der Waals surface area contributed by atoms with Gasteiger partial charge in [-0.3, -0.25) is 4.79 Å². The van der Waals surface area contributed by atoms with Gasteiger partial charge in [0.05, 0.1) is 23.4 Å². The molecule has 9 nitrogen and oxygen atoms in total. The largest absolute Gasteiger partial charge is 0.506 e. The molecule has 31 heavy (non-hydrogen) atoms. The maximum absolute atomic E-state index is 12.6. The highest BCUT2D eigenvalue weighted by Gasteiger charge is 2.27. The van der Waals surface area contributed by atoms with Gasteiger partial charge in [0.15, 0.2) is 11.3 Å². The second-order valence-corrected chi connectivity index (χ2v) is 7.86. The Morgan fingerprint density at radius 2 is 2.13 bits per heavy atom. The molecule has 1 saturated heterocycles. The Balaban J connectivity index is 1.49. The predicted octanol–water partition coefficient (Wildman–Crippen LogP) is 2.93. The molecular weight excluding hydrogens is 445 g/mol. The average Bonchev–Trinajstić information content (AvgIpc) is 3.37. The number of anilines is 1. The van der Waals surface area contributed by atoms with Crippen molar-refractivity contribution in [1.82, 2.24) is 19.9 Å². The molecule has 1 aromatic carbocycles. The molecule has 2 N–H and O–H groups in total. The summed E-state index contributed by atoms with van der Waals surface area (Å²) in [4.78, 5) is 30.9. The predicted molar refractivity (Wildman–Crippen MR) is 115 cm³/mol. The van der Waals surface area contributed by atoms with Crippen LogP contribution in [0.2, 0.25) is 10.0 Å². The molecule has 3 aromatic rings. The van der Waals surface area contributed by atoms with Gasteiger partial charge < -0.3 is 20.1 Å². The average molecular weight is 464 g/mol. The first-order valence-corrected chi connectivity index (χ1v) is 10.4. The van der Waals surface area contributed by atoms with E-state index in [-0.39, 0.29) is 39.7 Å². The van der Waals surface area contributed by atoms with Crippen LogP contribution in [0.4, 0.5) is 5.82 Å². The molecular formula is C20H19Cl2N5O4. The van der Waals surface area contributed by atoms with E-state index in [0.29, 0.717) is 31.0 Å². The Hall–Kier alpha value is -3.04. The van der Waals surface area contributed by atoms with Gasteiger partial charge in [-0.15, -0.1) is 5.10 Å². The van der Waals surface area contributed by atoms with Crippen LogP contribution in [0.25, 0.3) is 5.65 Å². The summed E-state index contributed by atoms with van der Waals surface area (Å²) in [5.41, 5.74) is 0.799. The van der Waals surface area contributed by atoms with Crippen molar-refractivity contribution in [2.24, 2.45) is 0 Å². The van der Waals surface area contributed by atoms with Gasteiger partial charge in [-0.2, -0.15) is 0 Å². The molecule has 0 spiro atoms. The number of ether oxygens (including phenoxy) is 1. The fourth-order valence-electron chi connectivity index (χ4n) is 3.46. The van der Waals surface area contributed by atoms with Gasteiger partial charge in [-0.05, 0) is 37.6 Å². The van der Waals surface area contributed by atoms with Crippen LogP contribution in [0.1, 0.15) is 34.2 Å². The van der Waals surface area contributed by atoms with E-state index in [2.05, 4.69) is 15.4 Å². The molecule has 1 aliphatic rings. The second kappa shape index (κ2) is 8.60. The Morgan fingerprint density at radius 3 is 2.90 bits per heavy atom. The Morgan fingerprint density at radius 1 is 1.32 bits per heavy atom. The highest BCUT2D eigenvalue weighted by atomic mass is 35.5. The smallest absolute Gasteiger partial charge is 0.358 e. The maximum Gasteiger partial charge on any atom is 0.358 e. The van der Waals surface area contributed by atoms with E-state index in [1.165, 1.54) is 22.8 Å². The van der Waals surface area contributed by atoms with Crippen molar-refractivity contribution in [1.29, 1.82) is 0 Å². The standard InChI is InChI=1S/C20H19Cl2N5O4/c1-2-31-20(30)15-9-23-16-3-4-17(25-27(15)16)26-6-5-12(10-26)24-19(29)13-7-11(21)8-14(22)18(13)28/h3-4,7-9,12,28H,2,5-6,10H2,1H3,(H,24,29)/t12-/m0/s1. The van der Waals surface area contributed by atoms with Gasteiger partial charge in [0, 0.05) is 24.2 Å². The summed E-state index contributed by atoms with van der Waals surface area (Å²) in [5.74, 6) is -0.624. The first-order valence-electron chi connectivity index (χ1n) is 9.63. The molecule has 0 radical (unpaired) electrons. The van der Waals surface area contributed by atoms with Crippen LogP contribution >= 0.6 is 23.2 Å². The molecule has 2 aromatic heterocycles. The molecule has 11 heteroatoms. The third kappa shape index (κ3) is 4.24. The number of amides is 1. The van der Waals surface area contributed by atoms with Gasteiger partial charge in [0.25, 0.3) is 5.91 Å². The third-order valence-corrected chi connectivity index (χ3v) is 5.46. The number of halogens is 2. The molecule has 1 fully saturated rings. The molecule has 3 heterocycles. The van der Waals surface area contributed by atoms with Crippen LogP contribution in [0, 0.1) is 0 Å². The van der Waals surface area contributed by atoms with Crippen LogP contribution in [0.5, 0.6) is 5.75 Å². The lowest BCUT2D eigenvalue weighted by molar-refractivity contribution is 0.0516. The number of fused-ring (bicyclic) bond motifs is 1. The fraction of sp³-hybridized carbons (Fsp3) is 0.300. The quantitative estimate of drug-likeness (QED) is 0.559. The summed E-state index contributed by atoms with van der Waals surface area (Å²) in [6, 6.07) is 6.15. The SMILES string of the molecule is CCOC(=O)c1cnc2ccc(N3CC[C@H](NC(=O)c4cc(Cl)cc(Cl)c4O)C3)nn12. The van der Waals surface area contributed by atoms with Crippen LogP contribution in [0.3, 0.4) is 0 Å². The van der Waals surface area contributed by atoms with E-state index in [1.807, 2.05) is 11.0 Å². The monoisotopic (exact) mass is 463 g/mol. The van der Waals surface area contributed by atoms with Crippen molar-refractivity contribution in [3.05, 3.63) is 51.8 Å². The Labute approximate surface area is 187 Å². The van der Waals surface area contributed by atoms with Gasteiger partial charge in [0.1, 0.15) is 11.6 Å². The number of rotatable bonds is 5. The zero-order valence-corrected chi connectivity index (χ0v) is 18.0. The third-order valence-electron chi connectivity index (χ3n) is 4.95. The number of aromatic hydroxyl groups is 1. The summed E-state index contributed by atoms with van der Waals surface area (Å²) in [7, 11) is 0. The number of imidazole rings is 1. The van der Waals surface area contributed by atoms with Crippen molar-refractivity contribution in [2.45, 2.75) is 19.4 Å². The summed E-state index contributed by atoms with van der Waals surface area (Å²) in [5, 5.41) is 17.8. The van der Waals surface area contributed by atoms with Crippen molar-refractivity contribution < 1.29 is 19.4 Å². The topological polar surface area (TPSA) is 109 Å². The summed E-state index contributed by atoms with van der Waals surface area (Å²) in [6.07, 6.45) is 2.11. The molecule has 0 bridgehead atoms. The van der Waals surface area contributed by atoms with Crippen LogP contribution < -0.4 is 10.2 Å². The summed E-state index contributed by atoms with van der Waals surface area (Å²) >= 11 is 11.9. The normalized spacial score (nSPS) is 16.0. The maximum atomic E-state index is 12.6. The molecule has 1 amide bonds. The molecule has 1 aliphatic heterocycles. The van der Waals surface area contributed by atoms with Crippen molar-refractivity contribution in [3.8, 4) is 5.75 Å².